The highest BCUT2D eigenvalue weighted by molar-refractivity contribution is 9.10. The predicted octanol–water partition coefficient (Wildman–Crippen LogP) is 3.30. The molecular formula is C21H22BrFN4O4. The second kappa shape index (κ2) is 9.73. The molecular weight excluding hydrogens is 471 g/mol. The van der Waals surface area contributed by atoms with Crippen LogP contribution in [-0.2, 0) is 0 Å². The van der Waals surface area contributed by atoms with Gasteiger partial charge in [-0.15, -0.1) is 0 Å². The summed E-state index contributed by atoms with van der Waals surface area (Å²) in [6, 6.07) is 7.83. The molecule has 1 fully saturated rings. The summed E-state index contributed by atoms with van der Waals surface area (Å²) in [4.78, 5) is 8.48. The smallest absolute Gasteiger partial charge is 0.310 e. The molecule has 0 spiro atoms. The van der Waals surface area contributed by atoms with Crippen molar-refractivity contribution >= 4 is 38.3 Å². The van der Waals surface area contributed by atoms with Crippen molar-refractivity contribution in [2.45, 2.75) is 19.3 Å². The van der Waals surface area contributed by atoms with E-state index in [1.54, 1.807) is 24.3 Å². The molecule has 0 aliphatic carbocycles. The Morgan fingerprint density at radius 2 is 1.97 bits per heavy atom. The number of hydrogen-bond donors (Lipinski definition) is 4. The first kappa shape index (κ1) is 21.7. The van der Waals surface area contributed by atoms with E-state index in [0.717, 1.165) is 25.9 Å². The Balaban J connectivity index is 1.66. The van der Waals surface area contributed by atoms with Crippen molar-refractivity contribution in [2.75, 3.05) is 25.0 Å². The summed E-state index contributed by atoms with van der Waals surface area (Å²) < 4.78 is 26.0. The van der Waals surface area contributed by atoms with E-state index in [-0.39, 0.29) is 11.4 Å². The fraction of sp³-hybridized carbons (Fsp3) is 0.333. The molecule has 0 unspecified atom stereocenters. The van der Waals surface area contributed by atoms with Gasteiger partial charge in [-0.3, -0.25) is 0 Å². The summed E-state index contributed by atoms with van der Waals surface area (Å²) in [7, 11) is 0. The van der Waals surface area contributed by atoms with Crippen LogP contribution in [0.1, 0.15) is 12.8 Å². The van der Waals surface area contributed by atoms with Gasteiger partial charge < -0.3 is 30.3 Å². The number of piperidine rings is 1. The minimum atomic E-state index is -2.02. The van der Waals surface area contributed by atoms with Gasteiger partial charge in [-0.05, 0) is 56.1 Å². The monoisotopic (exact) mass is 492 g/mol. The molecule has 164 valence electrons. The third-order valence-corrected chi connectivity index (χ3v) is 5.54. The van der Waals surface area contributed by atoms with Crippen LogP contribution in [0.3, 0.4) is 0 Å². The van der Waals surface area contributed by atoms with Gasteiger partial charge in [0.2, 0.25) is 0 Å². The average Bonchev–Trinajstić information content (AvgIpc) is 2.75. The zero-order chi connectivity index (χ0) is 21.8. The molecule has 4 N–H and O–H groups in total. The SMILES string of the molecule is OC(O)Oc1cc2c(Nc3ccc(Br)cc3F)ncnc2cc1OCC1CCNCC1. The molecule has 3 aromatic rings. The molecule has 8 nitrogen and oxygen atoms in total. The lowest BCUT2D eigenvalue weighted by Crippen LogP contribution is -2.30. The van der Waals surface area contributed by atoms with E-state index in [2.05, 4.69) is 36.5 Å². The number of aliphatic hydroxyl groups excluding tert-OH is 1. The Bertz CT molecular complexity index is 1060. The van der Waals surface area contributed by atoms with E-state index >= 15 is 0 Å². The van der Waals surface area contributed by atoms with Gasteiger partial charge in [-0.1, -0.05) is 15.9 Å². The van der Waals surface area contributed by atoms with Crippen LogP contribution in [0.2, 0.25) is 0 Å². The Morgan fingerprint density at radius 1 is 1.16 bits per heavy atom. The topological polar surface area (TPSA) is 109 Å². The largest absolute Gasteiger partial charge is 0.489 e. The van der Waals surface area contributed by atoms with Crippen LogP contribution in [0.4, 0.5) is 15.9 Å². The Morgan fingerprint density at radius 3 is 2.71 bits per heavy atom. The molecule has 4 rings (SSSR count). The minimum Gasteiger partial charge on any atom is -0.489 e. The van der Waals surface area contributed by atoms with E-state index in [4.69, 9.17) is 9.47 Å². The fourth-order valence-electron chi connectivity index (χ4n) is 3.46. The van der Waals surface area contributed by atoms with Crippen LogP contribution in [-0.4, -0.2) is 46.4 Å². The molecule has 31 heavy (non-hydrogen) atoms. The molecule has 2 aromatic carbocycles. The molecule has 1 aliphatic rings. The average molecular weight is 493 g/mol. The lowest BCUT2D eigenvalue weighted by Gasteiger charge is -2.23. The predicted molar refractivity (Wildman–Crippen MR) is 117 cm³/mol. The molecule has 1 aromatic heterocycles. The number of rotatable bonds is 7. The maximum Gasteiger partial charge on any atom is 0.310 e. The third kappa shape index (κ3) is 5.40. The maximum absolute atomic E-state index is 14.3. The Hall–Kier alpha value is -2.53. The standard InChI is InChI=1S/C21H22BrFN4O4/c22-13-1-2-16(15(23)7-13)27-20-14-8-19(31-21(28)29)18(9-17(14)25-11-26-20)30-10-12-3-5-24-6-4-12/h1-2,7-9,11-12,21,24,28-29H,3-6,10H2,(H,25,26,27). The number of hydrogen-bond acceptors (Lipinski definition) is 8. The molecule has 2 heterocycles. The molecule has 1 aliphatic heterocycles. The highest BCUT2D eigenvalue weighted by atomic mass is 79.9. The highest BCUT2D eigenvalue weighted by Crippen LogP contribution is 2.36. The number of nitrogens with zero attached hydrogens (tertiary/aromatic N) is 2. The number of halogens is 2. The number of ether oxygens (including phenoxy) is 2. The van der Waals surface area contributed by atoms with Crippen molar-refractivity contribution in [3.63, 3.8) is 0 Å². The van der Waals surface area contributed by atoms with Crippen LogP contribution in [0.5, 0.6) is 11.5 Å². The van der Waals surface area contributed by atoms with Crippen LogP contribution in [0, 0.1) is 11.7 Å². The molecule has 0 saturated carbocycles. The lowest BCUT2D eigenvalue weighted by molar-refractivity contribution is -0.180. The molecule has 0 radical (unpaired) electrons. The number of anilines is 2. The first-order chi connectivity index (χ1) is 15.0. The fourth-order valence-corrected chi connectivity index (χ4v) is 3.79. The van der Waals surface area contributed by atoms with Gasteiger partial charge in [0.1, 0.15) is 18.0 Å². The first-order valence-corrected chi connectivity index (χ1v) is 10.7. The van der Waals surface area contributed by atoms with Crippen molar-refractivity contribution in [3.8, 4) is 11.5 Å². The first-order valence-electron chi connectivity index (χ1n) is 9.87. The van der Waals surface area contributed by atoms with Gasteiger partial charge in [-0.2, -0.15) is 0 Å². The van der Waals surface area contributed by atoms with Gasteiger partial charge >= 0.3 is 6.48 Å². The zero-order valence-electron chi connectivity index (χ0n) is 16.5. The summed E-state index contributed by atoms with van der Waals surface area (Å²) in [6.07, 6.45) is 3.36. The van der Waals surface area contributed by atoms with Crippen molar-refractivity contribution in [2.24, 2.45) is 5.92 Å². The maximum atomic E-state index is 14.3. The number of aliphatic hydroxyl groups is 2. The number of nitrogens with one attached hydrogen (secondary N) is 2. The van der Waals surface area contributed by atoms with E-state index in [1.807, 2.05) is 0 Å². The van der Waals surface area contributed by atoms with E-state index in [1.165, 1.54) is 12.4 Å². The number of aromatic nitrogens is 2. The summed E-state index contributed by atoms with van der Waals surface area (Å²) in [5.41, 5.74) is 0.772. The summed E-state index contributed by atoms with van der Waals surface area (Å²) in [5, 5.41) is 25.5. The second-order valence-corrected chi connectivity index (χ2v) is 8.15. The summed E-state index contributed by atoms with van der Waals surface area (Å²) in [5.74, 6) is 0.759. The molecule has 0 atom stereocenters. The highest BCUT2D eigenvalue weighted by Gasteiger charge is 2.18. The van der Waals surface area contributed by atoms with E-state index in [9.17, 15) is 14.6 Å². The van der Waals surface area contributed by atoms with Crippen molar-refractivity contribution in [1.82, 2.24) is 15.3 Å². The van der Waals surface area contributed by atoms with E-state index in [0.29, 0.717) is 39.5 Å². The van der Waals surface area contributed by atoms with Crippen LogP contribution in [0.25, 0.3) is 10.9 Å². The van der Waals surface area contributed by atoms with Gasteiger partial charge in [0.05, 0.1) is 17.8 Å². The molecule has 0 bridgehead atoms. The second-order valence-electron chi connectivity index (χ2n) is 7.24. The zero-order valence-corrected chi connectivity index (χ0v) is 18.1. The van der Waals surface area contributed by atoms with Crippen molar-refractivity contribution in [3.05, 3.63) is 46.9 Å². The van der Waals surface area contributed by atoms with Crippen LogP contribution >= 0.6 is 15.9 Å². The Labute approximate surface area is 186 Å². The van der Waals surface area contributed by atoms with Gasteiger partial charge in [0, 0.05) is 15.9 Å². The van der Waals surface area contributed by atoms with Crippen molar-refractivity contribution < 1.29 is 24.1 Å². The van der Waals surface area contributed by atoms with Gasteiger partial charge in [-0.25, -0.2) is 14.4 Å². The summed E-state index contributed by atoms with van der Waals surface area (Å²) in [6.45, 7) is 0.341. The number of benzene rings is 2. The van der Waals surface area contributed by atoms with Gasteiger partial charge in [0.15, 0.2) is 11.5 Å². The lowest BCUT2D eigenvalue weighted by atomic mass is 9.99. The quantitative estimate of drug-likeness (QED) is 0.372. The van der Waals surface area contributed by atoms with E-state index < -0.39 is 12.3 Å². The minimum absolute atomic E-state index is 0.130. The normalized spacial score (nSPS) is 14.7. The Kier molecular flexibility index (Phi) is 6.81. The number of fused-ring (bicyclic) bond motifs is 1. The molecule has 0 amide bonds. The van der Waals surface area contributed by atoms with Crippen LogP contribution in [0.15, 0.2) is 41.1 Å². The third-order valence-electron chi connectivity index (χ3n) is 5.05. The molecule has 10 heteroatoms. The van der Waals surface area contributed by atoms with Crippen molar-refractivity contribution in [1.29, 1.82) is 0 Å². The van der Waals surface area contributed by atoms with Crippen LogP contribution < -0.4 is 20.1 Å². The van der Waals surface area contributed by atoms with Gasteiger partial charge in [0.25, 0.3) is 0 Å². The summed E-state index contributed by atoms with van der Waals surface area (Å²) >= 11 is 3.23. The molecule has 1 saturated heterocycles.